The lowest BCUT2D eigenvalue weighted by Crippen LogP contribution is -2.46. The molecule has 2 N–H and O–H groups in total. The second kappa shape index (κ2) is 4.77. The number of aromatic nitrogens is 2. The highest BCUT2D eigenvalue weighted by Gasteiger charge is 2.12. The monoisotopic (exact) mass is 212 g/mol. The fourth-order valence-electron chi connectivity index (χ4n) is 0.975. The van der Waals surface area contributed by atoms with Crippen LogP contribution in [-0.4, -0.2) is 28.3 Å². The lowest BCUT2D eigenvalue weighted by molar-refractivity contribution is 0.232. The normalized spacial score (nSPS) is 11.1. The van der Waals surface area contributed by atoms with Crippen molar-refractivity contribution in [1.29, 1.82) is 0 Å². The fraction of sp³-hybridized carbons (Fsp3) is 0.667. The van der Waals surface area contributed by atoms with Gasteiger partial charge in [0.05, 0.1) is 0 Å². The topological polar surface area (TPSA) is 80.0 Å². The van der Waals surface area contributed by atoms with Gasteiger partial charge in [-0.25, -0.2) is 4.79 Å². The van der Waals surface area contributed by atoms with Crippen LogP contribution in [0.2, 0.25) is 0 Å². The van der Waals surface area contributed by atoms with E-state index in [-0.39, 0.29) is 11.6 Å². The van der Waals surface area contributed by atoms with Crippen molar-refractivity contribution in [3.05, 3.63) is 12.2 Å². The van der Waals surface area contributed by atoms with Crippen LogP contribution in [0.15, 0.2) is 10.9 Å². The van der Waals surface area contributed by atoms with Gasteiger partial charge in [0.1, 0.15) is 0 Å². The van der Waals surface area contributed by atoms with Crippen molar-refractivity contribution in [2.45, 2.75) is 32.7 Å². The maximum absolute atomic E-state index is 11.3. The smallest absolute Gasteiger partial charge is 0.315 e. The molecule has 2 amide bonds. The van der Waals surface area contributed by atoms with Crippen molar-refractivity contribution in [3.8, 4) is 0 Å². The van der Waals surface area contributed by atoms with E-state index >= 15 is 0 Å². The van der Waals surface area contributed by atoms with Crippen molar-refractivity contribution < 1.29 is 9.32 Å². The number of rotatable bonds is 3. The number of nitrogens with one attached hydrogen (secondary N) is 2. The van der Waals surface area contributed by atoms with E-state index in [1.807, 2.05) is 20.8 Å². The quantitative estimate of drug-likeness (QED) is 0.773. The van der Waals surface area contributed by atoms with Crippen LogP contribution in [0.5, 0.6) is 0 Å². The van der Waals surface area contributed by atoms with Gasteiger partial charge in [-0.1, -0.05) is 5.16 Å². The summed E-state index contributed by atoms with van der Waals surface area (Å²) in [7, 11) is 0. The van der Waals surface area contributed by atoms with E-state index in [1.54, 1.807) is 0 Å². The zero-order chi connectivity index (χ0) is 11.3. The summed E-state index contributed by atoms with van der Waals surface area (Å²) in [6.45, 7) is 6.25. The van der Waals surface area contributed by atoms with Gasteiger partial charge in [-0.2, -0.15) is 4.98 Å². The SMILES string of the molecule is CC(C)(C)NC(=O)NCCc1ncon1. The zero-order valence-electron chi connectivity index (χ0n) is 9.20. The second-order valence-electron chi connectivity index (χ2n) is 4.23. The molecule has 0 aliphatic heterocycles. The molecule has 0 atom stereocenters. The van der Waals surface area contributed by atoms with E-state index in [0.29, 0.717) is 18.8 Å². The standard InChI is InChI=1S/C9H16N4O2/c1-9(2,3)12-8(14)10-5-4-7-11-6-15-13-7/h6H,4-5H2,1-3H3,(H2,10,12,14). The molecule has 0 unspecified atom stereocenters. The highest BCUT2D eigenvalue weighted by molar-refractivity contribution is 5.74. The minimum Gasteiger partial charge on any atom is -0.343 e. The van der Waals surface area contributed by atoms with Crippen LogP contribution in [-0.2, 0) is 6.42 Å². The molecule has 0 aromatic carbocycles. The molecule has 0 saturated carbocycles. The fourth-order valence-corrected chi connectivity index (χ4v) is 0.975. The third kappa shape index (κ3) is 4.99. The van der Waals surface area contributed by atoms with Gasteiger partial charge < -0.3 is 15.2 Å². The highest BCUT2D eigenvalue weighted by atomic mass is 16.5. The molecular formula is C9H16N4O2. The van der Waals surface area contributed by atoms with Gasteiger partial charge in [-0.15, -0.1) is 0 Å². The van der Waals surface area contributed by atoms with E-state index in [2.05, 4.69) is 25.3 Å². The number of urea groups is 1. The number of nitrogens with zero attached hydrogens (tertiary/aromatic N) is 2. The molecule has 0 fully saturated rings. The molecule has 6 heteroatoms. The molecule has 6 nitrogen and oxygen atoms in total. The number of carbonyl (C=O) groups is 1. The number of amides is 2. The van der Waals surface area contributed by atoms with Gasteiger partial charge in [-0.3, -0.25) is 0 Å². The van der Waals surface area contributed by atoms with Crippen molar-refractivity contribution >= 4 is 6.03 Å². The molecule has 1 rings (SSSR count). The Morgan fingerprint density at radius 1 is 1.53 bits per heavy atom. The number of hydrogen-bond donors (Lipinski definition) is 2. The molecule has 0 bridgehead atoms. The van der Waals surface area contributed by atoms with Gasteiger partial charge >= 0.3 is 6.03 Å². The Morgan fingerprint density at radius 3 is 2.80 bits per heavy atom. The minimum atomic E-state index is -0.226. The Kier molecular flexibility index (Phi) is 3.65. The Balaban J connectivity index is 2.18. The first-order valence-electron chi connectivity index (χ1n) is 4.78. The second-order valence-corrected chi connectivity index (χ2v) is 4.23. The Bertz CT molecular complexity index is 302. The average Bonchev–Trinajstić information content (AvgIpc) is 2.53. The predicted octanol–water partition coefficient (Wildman–Crippen LogP) is 0.710. The lowest BCUT2D eigenvalue weighted by Gasteiger charge is -2.20. The van der Waals surface area contributed by atoms with Crippen LogP contribution in [0.1, 0.15) is 26.6 Å². The summed E-state index contributed by atoms with van der Waals surface area (Å²) in [5, 5.41) is 9.12. The van der Waals surface area contributed by atoms with Crippen LogP contribution in [0, 0.1) is 0 Å². The number of hydrogen-bond acceptors (Lipinski definition) is 4. The Hall–Kier alpha value is -1.59. The predicted molar refractivity (Wildman–Crippen MR) is 54.3 cm³/mol. The molecule has 84 valence electrons. The van der Waals surface area contributed by atoms with Crippen LogP contribution in [0.25, 0.3) is 0 Å². The van der Waals surface area contributed by atoms with Crippen molar-refractivity contribution in [3.63, 3.8) is 0 Å². The highest BCUT2D eigenvalue weighted by Crippen LogP contribution is 1.97. The zero-order valence-corrected chi connectivity index (χ0v) is 9.20. The molecule has 0 saturated heterocycles. The molecule has 0 aliphatic rings. The molecule has 15 heavy (non-hydrogen) atoms. The van der Waals surface area contributed by atoms with Crippen LogP contribution < -0.4 is 10.6 Å². The van der Waals surface area contributed by atoms with Crippen molar-refractivity contribution in [2.75, 3.05) is 6.54 Å². The molecule has 1 aromatic rings. The number of carbonyl (C=O) groups excluding carboxylic acids is 1. The van der Waals surface area contributed by atoms with E-state index in [1.165, 1.54) is 6.39 Å². The van der Waals surface area contributed by atoms with Crippen LogP contribution in [0.3, 0.4) is 0 Å². The Morgan fingerprint density at radius 2 is 2.27 bits per heavy atom. The van der Waals surface area contributed by atoms with Gasteiger partial charge in [0.2, 0.25) is 6.39 Å². The van der Waals surface area contributed by atoms with E-state index < -0.39 is 0 Å². The van der Waals surface area contributed by atoms with Crippen molar-refractivity contribution in [1.82, 2.24) is 20.8 Å². The van der Waals surface area contributed by atoms with Crippen LogP contribution >= 0.6 is 0 Å². The van der Waals surface area contributed by atoms with E-state index in [0.717, 1.165) is 0 Å². The molecule has 1 aromatic heterocycles. The minimum absolute atomic E-state index is 0.189. The van der Waals surface area contributed by atoms with Gasteiger partial charge in [0, 0.05) is 18.5 Å². The maximum Gasteiger partial charge on any atom is 0.315 e. The summed E-state index contributed by atoms with van der Waals surface area (Å²) in [6, 6.07) is -0.189. The first-order chi connectivity index (χ1) is 6.97. The average molecular weight is 212 g/mol. The van der Waals surface area contributed by atoms with Gasteiger partial charge in [-0.05, 0) is 20.8 Å². The molecule has 1 heterocycles. The molecule has 0 radical (unpaired) electrons. The third-order valence-corrected chi connectivity index (χ3v) is 1.53. The molecular weight excluding hydrogens is 196 g/mol. The van der Waals surface area contributed by atoms with Gasteiger partial charge in [0.25, 0.3) is 0 Å². The largest absolute Gasteiger partial charge is 0.343 e. The molecule has 0 aliphatic carbocycles. The third-order valence-electron chi connectivity index (χ3n) is 1.53. The summed E-state index contributed by atoms with van der Waals surface area (Å²) >= 11 is 0. The summed E-state index contributed by atoms with van der Waals surface area (Å²) < 4.78 is 4.56. The van der Waals surface area contributed by atoms with Crippen molar-refractivity contribution in [2.24, 2.45) is 0 Å². The summed E-state index contributed by atoms with van der Waals surface area (Å²) in [5.74, 6) is 0.589. The lowest BCUT2D eigenvalue weighted by atomic mass is 10.1. The van der Waals surface area contributed by atoms with E-state index in [9.17, 15) is 4.79 Å². The summed E-state index contributed by atoms with van der Waals surface area (Å²) in [4.78, 5) is 15.1. The first kappa shape index (κ1) is 11.5. The van der Waals surface area contributed by atoms with Crippen LogP contribution in [0.4, 0.5) is 4.79 Å². The summed E-state index contributed by atoms with van der Waals surface area (Å²) in [6.07, 6.45) is 1.83. The molecule has 0 spiro atoms. The Labute approximate surface area is 88.4 Å². The van der Waals surface area contributed by atoms with Gasteiger partial charge in [0.15, 0.2) is 5.82 Å². The first-order valence-corrected chi connectivity index (χ1v) is 4.78. The summed E-state index contributed by atoms with van der Waals surface area (Å²) in [5.41, 5.74) is -0.226. The maximum atomic E-state index is 11.3. The van der Waals surface area contributed by atoms with E-state index in [4.69, 9.17) is 0 Å².